The van der Waals surface area contributed by atoms with E-state index in [0.717, 1.165) is 19.3 Å². The van der Waals surface area contributed by atoms with Crippen molar-refractivity contribution in [1.29, 1.82) is 0 Å². The summed E-state index contributed by atoms with van der Waals surface area (Å²) in [6, 6.07) is 0. The number of rotatable bonds is 4. The Hall–Kier alpha value is -0.800. The minimum Gasteiger partial charge on any atom is -0.497 e. The van der Waals surface area contributed by atoms with Crippen LogP contribution in [0.25, 0.3) is 0 Å². The fourth-order valence-electron chi connectivity index (χ4n) is 1.56. The topological polar surface area (TPSA) is 49.7 Å². The minimum absolute atomic E-state index is 0.262. The van der Waals surface area contributed by atoms with Crippen LogP contribution in [0.2, 0.25) is 0 Å². The predicted molar refractivity (Wildman–Crippen MR) is 54.4 cm³/mol. The van der Waals surface area contributed by atoms with E-state index in [-0.39, 0.29) is 5.92 Å². The van der Waals surface area contributed by atoms with E-state index in [0.29, 0.717) is 5.76 Å². The average Bonchev–Trinajstić information content (AvgIpc) is 2.16. The van der Waals surface area contributed by atoms with E-state index in [1.54, 1.807) is 19.3 Å². The van der Waals surface area contributed by atoms with Crippen molar-refractivity contribution >= 4 is 0 Å². The highest BCUT2D eigenvalue weighted by molar-refractivity contribution is 5.23. The van der Waals surface area contributed by atoms with Gasteiger partial charge in [0.05, 0.1) is 7.11 Å². The van der Waals surface area contributed by atoms with Gasteiger partial charge in [0.25, 0.3) is 0 Å². The first-order chi connectivity index (χ1) is 6.60. The second kappa shape index (κ2) is 4.62. The Morgan fingerprint density at radius 2 is 2.21 bits per heavy atom. The van der Waals surface area contributed by atoms with Crippen LogP contribution in [-0.4, -0.2) is 23.1 Å². The van der Waals surface area contributed by atoms with Gasteiger partial charge in [-0.3, -0.25) is 0 Å². The lowest BCUT2D eigenvalue weighted by Crippen LogP contribution is -2.36. The molecule has 0 heterocycles. The van der Waals surface area contributed by atoms with Crippen molar-refractivity contribution in [3.8, 4) is 0 Å². The molecule has 0 saturated carbocycles. The van der Waals surface area contributed by atoms with Crippen LogP contribution in [0.4, 0.5) is 0 Å². The maximum absolute atomic E-state index is 9.64. The number of aliphatic hydroxyl groups is 2. The highest BCUT2D eigenvalue weighted by atomic mass is 16.5. The van der Waals surface area contributed by atoms with Gasteiger partial charge in [-0.1, -0.05) is 19.8 Å². The maximum atomic E-state index is 9.64. The second-order valence-electron chi connectivity index (χ2n) is 3.64. The summed E-state index contributed by atoms with van der Waals surface area (Å²) >= 11 is 0. The van der Waals surface area contributed by atoms with Crippen LogP contribution in [0.1, 0.15) is 26.2 Å². The highest BCUT2D eigenvalue weighted by Gasteiger charge is 2.32. The zero-order chi connectivity index (χ0) is 10.6. The van der Waals surface area contributed by atoms with Gasteiger partial charge < -0.3 is 14.9 Å². The molecule has 2 N–H and O–H groups in total. The highest BCUT2D eigenvalue weighted by Crippen LogP contribution is 2.29. The molecule has 0 aromatic heterocycles. The molecule has 3 heteroatoms. The molecular formula is C11H18O3. The fraction of sp³-hybridized carbons (Fsp3) is 0.636. The van der Waals surface area contributed by atoms with Gasteiger partial charge in [0.1, 0.15) is 5.76 Å². The van der Waals surface area contributed by atoms with E-state index >= 15 is 0 Å². The molecule has 3 nitrogen and oxygen atoms in total. The molecule has 0 aliphatic heterocycles. The Bertz CT molecular complexity index is 241. The van der Waals surface area contributed by atoms with Crippen molar-refractivity contribution in [1.82, 2.24) is 0 Å². The van der Waals surface area contributed by atoms with E-state index in [1.165, 1.54) is 6.08 Å². The first-order valence-electron chi connectivity index (χ1n) is 5.00. The van der Waals surface area contributed by atoms with Crippen LogP contribution in [0.3, 0.4) is 0 Å². The van der Waals surface area contributed by atoms with E-state index in [1.807, 2.05) is 0 Å². The van der Waals surface area contributed by atoms with Crippen molar-refractivity contribution in [2.75, 3.05) is 7.11 Å². The average molecular weight is 198 g/mol. The molecule has 0 spiro atoms. The zero-order valence-electron chi connectivity index (χ0n) is 8.73. The van der Waals surface area contributed by atoms with Crippen molar-refractivity contribution in [2.45, 2.75) is 32.0 Å². The number of methoxy groups -OCH3 is 1. The molecule has 0 aromatic carbocycles. The first-order valence-corrected chi connectivity index (χ1v) is 5.00. The Balaban J connectivity index is 2.68. The van der Waals surface area contributed by atoms with Crippen LogP contribution in [0.5, 0.6) is 0 Å². The quantitative estimate of drug-likeness (QED) is 0.674. The van der Waals surface area contributed by atoms with Gasteiger partial charge in [-0.25, -0.2) is 0 Å². The summed E-state index contributed by atoms with van der Waals surface area (Å²) in [4.78, 5) is 0. The lowest BCUT2D eigenvalue weighted by atomic mass is 9.89. The largest absolute Gasteiger partial charge is 0.497 e. The summed E-state index contributed by atoms with van der Waals surface area (Å²) in [5.74, 6) is -1.27. The standard InChI is InChI=1S/C11H18O3/c1-3-4-5-9-8-10(14-2)6-7-11(9,12)13/h6-9,12-13H,3-5H2,1-2H3. The normalized spacial score (nSPS) is 24.6. The van der Waals surface area contributed by atoms with Gasteiger partial charge in [0.2, 0.25) is 0 Å². The van der Waals surface area contributed by atoms with Gasteiger partial charge in [0.15, 0.2) is 5.79 Å². The lowest BCUT2D eigenvalue weighted by molar-refractivity contribution is -0.151. The van der Waals surface area contributed by atoms with Crippen LogP contribution >= 0.6 is 0 Å². The molecule has 1 atom stereocenters. The minimum atomic E-state index is -1.71. The van der Waals surface area contributed by atoms with Gasteiger partial charge in [-0.2, -0.15) is 0 Å². The van der Waals surface area contributed by atoms with E-state index in [2.05, 4.69) is 6.92 Å². The van der Waals surface area contributed by atoms with Crippen LogP contribution in [0.15, 0.2) is 24.0 Å². The fourth-order valence-corrected chi connectivity index (χ4v) is 1.56. The van der Waals surface area contributed by atoms with Gasteiger partial charge in [0, 0.05) is 5.92 Å². The van der Waals surface area contributed by atoms with Crippen LogP contribution in [-0.2, 0) is 4.74 Å². The molecular weight excluding hydrogens is 180 g/mol. The van der Waals surface area contributed by atoms with E-state index < -0.39 is 5.79 Å². The third-order valence-electron chi connectivity index (χ3n) is 2.51. The van der Waals surface area contributed by atoms with E-state index in [4.69, 9.17) is 4.74 Å². The molecule has 1 rings (SSSR count). The predicted octanol–water partition coefficient (Wildman–Crippen LogP) is 1.57. The number of hydrogen-bond donors (Lipinski definition) is 2. The molecule has 1 aliphatic rings. The summed E-state index contributed by atoms with van der Waals surface area (Å²) < 4.78 is 5.05. The van der Waals surface area contributed by atoms with Gasteiger partial charge in [-0.15, -0.1) is 0 Å². The summed E-state index contributed by atoms with van der Waals surface area (Å²) in [5, 5.41) is 19.3. The van der Waals surface area contributed by atoms with Gasteiger partial charge >= 0.3 is 0 Å². The monoisotopic (exact) mass is 198 g/mol. The Morgan fingerprint density at radius 3 is 2.79 bits per heavy atom. The smallest absolute Gasteiger partial charge is 0.189 e. The zero-order valence-corrected chi connectivity index (χ0v) is 8.73. The van der Waals surface area contributed by atoms with Crippen molar-refractivity contribution in [3.05, 3.63) is 24.0 Å². The molecule has 0 radical (unpaired) electrons. The summed E-state index contributed by atoms with van der Waals surface area (Å²) in [6.45, 7) is 2.08. The molecule has 0 amide bonds. The molecule has 1 aliphatic carbocycles. The number of unbranched alkanes of at least 4 members (excludes halogenated alkanes) is 1. The first kappa shape index (κ1) is 11.3. The molecule has 1 unspecified atom stereocenters. The Morgan fingerprint density at radius 1 is 1.50 bits per heavy atom. The van der Waals surface area contributed by atoms with Crippen molar-refractivity contribution in [2.24, 2.45) is 5.92 Å². The number of ether oxygens (including phenoxy) is 1. The molecule has 14 heavy (non-hydrogen) atoms. The molecule has 80 valence electrons. The summed E-state index contributed by atoms with van der Waals surface area (Å²) in [5.41, 5.74) is 0. The molecule has 0 fully saturated rings. The SMILES string of the molecule is CCCCC1C=C(OC)C=CC1(O)O. The molecule has 0 saturated heterocycles. The molecule has 0 aromatic rings. The van der Waals surface area contributed by atoms with Crippen molar-refractivity contribution in [3.63, 3.8) is 0 Å². The third kappa shape index (κ3) is 2.59. The van der Waals surface area contributed by atoms with Crippen molar-refractivity contribution < 1.29 is 14.9 Å². The summed E-state index contributed by atoms with van der Waals surface area (Å²) in [7, 11) is 1.58. The van der Waals surface area contributed by atoms with Gasteiger partial charge in [-0.05, 0) is 24.6 Å². The number of hydrogen-bond acceptors (Lipinski definition) is 3. The summed E-state index contributed by atoms with van der Waals surface area (Å²) in [6.07, 6.45) is 7.53. The Labute approximate surface area is 84.7 Å². The Kier molecular flexibility index (Phi) is 3.72. The number of allylic oxidation sites excluding steroid dienone is 1. The van der Waals surface area contributed by atoms with Crippen LogP contribution in [0, 0.1) is 5.92 Å². The lowest BCUT2D eigenvalue weighted by Gasteiger charge is -2.29. The van der Waals surface area contributed by atoms with Crippen LogP contribution < -0.4 is 0 Å². The molecule has 0 bridgehead atoms. The second-order valence-corrected chi connectivity index (χ2v) is 3.64. The third-order valence-corrected chi connectivity index (χ3v) is 2.51. The maximum Gasteiger partial charge on any atom is 0.189 e. The van der Waals surface area contributed by atoms with E-state index in [9.17, 15) is 10.2 Å².